The molecule has 1 amide bonds. The SMILES string of the molecule is CCNC(=O)/C(=C\Nc1ccc(C#N)cc1)C(=O)c1ccccc1Cl. The second-order valence-electron chi connectivity index (χ2n) is 5.06. The zero-order valence-corrected chi connectivity index (χ0v) is 14.3. The van der Waals surface area contributed by atoms with Gasteiger partial charge in [-0.2, -0.15) is 5.26 Å². The van der Waals surface area contributed by atoms with Crippen LogP contribution in [0.4, 0.5) is 5.69 Å². The molecule has 0 spiro atoms. The molecule has 0 heterocycles. The summed E-state index contributed by atoms with van der Waals surface area (Å²) < 4.78 is 0. The summed E-state index contributed by atoms with van der Waals surface area (Å²) in [5.74, 6) is -0.966. The highest BCUT2D eigenvalue weighted by molar-refractivity contribution is 6.37. The van der Waals surface area contributed by atoms with Crippen LogP contribution in [0.15, 0.2) is 60.3 Å². The number of rotatable bonds is 6. The van der Waals surface area contributed by atoms with E-state index in [0.717, 1.165) is 0 Å². The minimum atomic E-state index is -0.492. The van der Waals surface area contributed by atoms with Gasteiger partial charge < -0.3 is 10.6 Å². The van der Waals surface area contributed by atoms with Crippen LogP contribution in [-0.2, 0) is 4.79 Å². The summed E-state index contributed by atoms with van der Waals surface area (Å²) in [6, 6.07) is 15.2. The first kappa shape index (κ1) is 18.2. The Balaban J connectivity index is 2.31. The van der Waals surface area contributed by atoms with Crippen LogP contribution in [0.3, 0.4) is 0 Å². The lowest BCUT2D eigenvalue weighted by atomic mass is 10.0. The number of nitrogens with one attached hydrogen (secondary N) is 2. The molecule has 0 radical (unpaired) electrons. The molecule has 6 heteroatoms. The largest absolute Gasteiger partial charge is 0.361 e. The minimum absolute atomic E-state index is 0.0562. The zero-order chi connectivity index (χ0) is 18.2. The van der Waals surface area contributed by atoms with Crippen LogP contribution in [-0.4, -0.2) is 18.2 Å². The van der Waals surface area contributed by atoms with Gasteiger partial charge in [-0.05, 0) is 43.3 Å². The first-order valence-corrected chi connectivity index (χ1v) is 7.99. The summed E-state index contributed by atoms with van der Waals surface area (Å²) in [5.41, 5.74) is 1.36. The van der Waals surface area contributed by atoms with Crippen molar-refractivity contribution in [1.82, 2.24) is 5.32 Å². The first-order chi connectivity index (χ1) is 12.1. The molecule has 0 aliphatic rings. The number of carbonyl (C=O) groups is 2. The van der Waals surface area contributed by atoms with Crippen LogP contribution in [0.2, 0.25) is 5.02 Å². The lowest BCUT2D eigenvalue weighted by Crippen LogP contribution is -2.29. The lowest BCUT2D eigenvalue weighted by Gasteiger charge is -2.09. The molecule has 0 aliphatic heterocycles. The van der Waals surface area contributed by atoms with Crippen LogP contribution in [0, 0.1) is 11.3 Å². The molecule has 0 atom stereocenters. The van der Waals surface area contributed by atoms with Crippen molar-refractivity contribution < 1.29 is 9.59 Å². The number of anilines is 1. The van der Waals surface area contributed by atoms with Gasteiger partial charge in [-0.1, -0.05) is 23.7 Å². The Kier molecular flexibility index (Phi) is 6.33. The van der Waals surface area contributed by atoms with Gasteiger partial charge in [0.1, 0.15) is 5.57 Å². The van der Waals surface area contributed by atoms with E-state index in [1.54, 1.807) is 55.5 Å². The molecule has 5 nitrogen and oxygen atoms in total. The van der Waals surface area contributed by atoms with E-state index >= 15 is 0 Å². The molecule has 0 saturated carbocycles. The van der Waals surface area contributed by atoms with E-state index < -0.39 is 11.7 Å². The molecule has 2 aromatic carbocycles. The van der Waals surface area contributed by atoms with Crippen LogP contribution in [0.25, 0.3) is 0 Å². The average molecular weight is 354 g/mol. The van der Waals surface area contributed by atoms with Crippen molar-refractivity contribution >= 4 is 29.0 Å². The Hall–Kier alpha value is -3.10. The molecule has 0 aromatic heterocycles. The maximum atomic E-state index is 12.7. The van der Waals surface area contributed by atoms with Crippen LogP contribution in [0.1, 0.15) is 22.8 Å². The fraction of sp³-hybridized carbons (Fsp3) is 0.105. The summed E-state index contributed by atoms with van der Waals surface area (Å²) >= 11 is 6.06. The summed E-state index contributed by atoms with van der Waals surface area (Å²) in [7, 11) is 0. The Morgan fingerprint density at radius 3 is 2.44 bits per heavy atom. The predicted molar refractivity (Wildman–Crippen MR) is 97.3 cm³/mol. The second-order valence-corrected chi connectivity index (χ2v) is 5.47. The van der Waals surface area contributed by atoms with E-state index in [9.17, 15) is 9.59 Å². The predicted octanol–water partition coefficient (Wildman–Crippen LogP) is 3.53. The van der Waals surface area contributed by atoms with Gasteiger partial charge in [-0.25, -0.2) is 0 Å². The van der Waals surface area contributed by atoms with Gasteiger partial charge in [0.2, 0.25) is 5.78 Å². The number of hydrogen-bond acceptors (Lipinski definition) is 4. The molecule has 0 saturated heterocycles. The van der Waals surface area contributed by atoms with Crippen molar-refractivity contribution in [2.24, 2.45) is 0 Å². The fourth-order valence-corrected chi connectivity index (χ4v) is 2.30. The van der Waals surface area contributed by atoms with Gasteiger partial charge >= 0.3 is 0 Å². The van der Waals surface area contributed by atoms with Crippen molar-refractivity contribution in [3.05, 3.63) is 76.5 Å². The van der Waals surface area contributed by atoms with Gasteiger partial charge in [0.05, 0.1) is 16.7 Å². The number of nitriles is 1. The molecular weight excluding hydrogens is 338 g/mol. The van der Waals surface area contributed by atoms with Crippen LogP contribution < -0.4 is 10.6 Å². The smallest absolute Gasteiger partial charge is 0.256 e. The molecule has 0 bridgehead atoms. The molecule has 0 fully saturated rings. The Morgan fingerprint density at radius 2 is 1.84 bits per heavy atom. The number of amides is 1. The maximum absolute atomic E-state index is 12.7. The van der Waals surface area contributed by atoms with E-state index in [-0.39, 0.29) is 16.2 Å². The van der Waals surface area contributed by atoms with Gasteiger partial charge in [0.25, 0.3) is 5.91 Å². The van der Waals surface area contributed by atoms with E-state index in [1.165, 1.54) is 6.20 Å². The Morgan fingerprint density at radius 1 is 1.16 bits per heavy atom. The van der Waals surface area contributed by atoms with Crippen LogP contribution in [0.5, 0.6) is 0 Å². The summed E-state index contributed by atoms with van der Waals surface area (Å²) in [6.07, 6.45) is 1.35. The number of carbonyl (C=O) groups excluding carboxylic acids is 2. The minimum Gasteiger partial charge on any atom is -0.361 e. The van der Waals surface area contributed by atoms with Crippen molar-refractivity contribution in [2.75, 3.05) is 11.9 Å². The Labute approximate surface area is 150 Å². The molecule has 126 valence electrons. The van der Waals surface area contributed by atoms with E-state index in [2.05, 4.69) is 10.6 Å². The van der Waals surface area contributed by atoms with Gasteiger partial charge in [-0.15, -0.1) is 0 Å². The third-order valence-corrected chi connectivity index (χ3v) is 3.67. The highest BCUT2D eigenvalue weighted by Crippen LogP contribution is 2.19. The zero-order valence-electron chi connectivity index (χ0n) is 13.5. The van der Waals surface area contributed by atoms with Gasteiger partial charge in [0.15, 0.2) is 0 Å². The monoisotopic (exact) mass is 353 g/mol. The number of likely N-dealkylation sites (N-methyl/N-ethyl adjacent to an activating group) is 1. The second kappa shape index (κ2) is 8.67. The summed E-state index contributed by atoms with van der Waals surface area (Å²) in [6.45, 7) is 2.16. The van der Waals surface area contributed by atoms with Crippen LogP contribution >= 0.6 is 11.6 Å². The molecular formula is C19H16ClN3O2. The van der Waals surface area contributed by atoms with Gasteiger partial charge in [0, 0.05) is 24.0 Å². The first-order valence-electron chi connectivity index (χ1n) is 7.61. The highest BCUT2D eigenvalue weighted by atomic mass is 35.5. The average Bonchev–Trinajstić information content (AvgIpc) is 2.63. The molecule has 2 N–H and O–H groups in total. The number of hydrogen-bond donors (Lipinski definition) is 2. The Bertz CT molecular complexity index is 852. The highest BCUT2D eigenvalue weighted by Gasteiger charge is 2.21. The number of Topliss-reactive ketones (excluding diaryl/α,β-unsaturated/α-hetero) is 1. The van der Waals surface area contributed by atoms with E-state index in [4.69, 9.17) is 16.9 Å². The van der Waals surface area contributed by atoms with E-state index in [0.29, 0.717) is 17.8 Å². The molecule has 0 aliphatic carbocycles. The molecule has 2 rings (SSSR count). The van der Waals surface area contributed by atoms with Crippen molar-refractivity contribution in [2.45, 2.75) is 6.92 Å². The number of ketones is 1. The molecule has 2 aromatic rings. The van der Waals surface area contributed by atoms with Crippen molar-refractivity contribution in [1.29, 1.82) is 5.26 Å². The standard InChI is InChI=1S/C19H16ClN3O2/c1-2-22-19(25)16(18(24)15-5-3-4-6-17(15)20)12-23-14-9-7-13(11-21)8-10-14/h3-10,12,23H,2H2,1H3,(H,22,25)/b16-12-. The number of nitrogens with zero attached hydrogens (tertiary/aromatic N) is 1. The third-order valence-electron chi connectivity index (χ3n) is 3.34. The quantitative estimate of drug-likeness (QED) is 0.360. The molecule has 0 unspecified atom stereocenters. The van der Waals surface area contributed by atoms with Crippen molar-refractivity contribution in [3.63, 3.8) is 0 Å². The number of halogens is 1. The summed E-state index contributed by atoms with van der Waals surface area (Å²) in [4.78, 5) is 25.0. The van der Waals surface area contributed by atoms with Gasteiger partial charge in [-0.3, -0.25) is 9.59 Å². The topological polar surface area (TPSA) is 82.0 Å². The number of benzene rings is 2. The molecule has 25 heavy (non-hydrogen) atoms. The normalized spacial score (nSPS) is 10.7. The summed E-state index contributed by atoms with van der Waals surface area (Å²) in [5, 5.41) is 14.6. The van der Waals surface area contributed by atoms with E-state index in [1.807, 2.05) is 6.07 Å². The van der Waals surface area contributed by atoms with Crippen molar-refractivity contribution in [3.8, 4) is 6.07 Å². The maximum Gasteiger partial charge on any atom is 0.256 e. The fourth-order valence-electron chi connectivity index (χ4n) is 2.08. The third kappa shape index (κ3) is 4.69. The lowest BCUT2D eigenvalue weighted by molar-refractivity contribution is -0.117.